The van der Waals surface area contributed by atoms with E-state index < -0.39 is 22.5 Å². The molecule has 3 aromatic rings. The molecule has 8 nitrogen and oxygen atoms in total. The van der Waals surface area contributed by atoms with Gasteiger partial charge in [0.2, 0.25) is 0 Å². The number of halogens is 2. The summed E-state index contributed by atoms with van der Waals surface area (Å²) in [5.74, 6) is -0.133. The maximum absolute atomic E-state index is 12.7. The van der Waals surface area contributed by atoms with Crippen LogP contribution in [-0.4, -0.2) is 35.2 Å². The van der Waals surface area contributed by atoms with Crippen LogP contribution in [0, 0.1) is 0 Å². The van der Waals surface area contributed by atoms with Crippen molar-refractivity contribution < 1.29 is 36.2 Å². The van der Waals surface area contributed by atoms with Crippen molar-refractivity contribution in [2.45, 2.75) is 18.1 Å². The summed E-state index contributed by atoms with van der Waals surface area (Å²) in [7, 11) is -1.16. The lowest BCUT2D eigenvalue weighted by Gasteiger charge is -2.13. The third-order valence-electron chi connectivity index (χ3n) is 4.68. The van der Waals surface area contributed by atoms with Gasteiger partial charge in [-0.15, -0.1) is 0 Å². The molecule has 0 saturated carbocycles. The van der Waals surface area contributed by atoms with E-state index in [1.807, 2.05) is 0 Å². The van der Waals surface area contributed by atoms with Gasteiger partial charge in [0.25, 0.3) is 15.9 Å². The first-order chi connectivity index (χ1) is 16.2. The summed E-state index contributed by atoms with van der Waals surface area (Å²) < 4.78 is 67.5. The monoisotopic (exact) mass is 492 g/mol. The fourth-order valence-electron chi connectivity index (χ4n) is 3.02. The Balaban J connectivity index is 1.67. The third-order valence-corrected chi connectivity index (χ3v) is 6.06. The highest BCUT2D eigenvalue weighted by atomic mass is 32.2. The van der Waals surface area contributed by atoms with Crippen LogP contribution < -0.4 is 24.2 Å². The molecule has 3 rings (SSSR count). The van der Waals surface area contributed by atoms with Crippen molar-refractivity contribution in [1.82, 2.24) is 5.32 Å². The number of alkyl halides is 2. The van der Waals surface area contributed by atoms with Crippen LogP contribution in [0.2, 0.25) is 0 Å². The lowest BCUT2D eigenvalue weighted by molar-refractivity contribution is -0.0512. The number of amides is 1. The molecule has 0 aliphatic carbocycles. The van der Waals surface area contributed by atoms with Crippen LogP contribution >= 0.6 is 0 Å². The molecule has 0 aromatic heterocycles. The number of benzene rings is 3. The normalized spacial score (nSPS) is 11.1. The Labute approximate surface area is 195 Å². The first-order valence-electron chi connectivity index (χ1n) is 9.89. The van der Waals surface area contributed by atoms with Crippen LogP contribution in [0.5, 0.6) is 17.2 Å². The molecule has 0 fully saturated rings. The van der Waals surface area contributed by atoms with Crippen molar-refractivity contribution in [3.63, 3.8) is 0 Å². The fourth-order valence-corrected chi connectivity index (χ4v) is 4.09. The Kier molecular flexibility index (Phi) is 7.90. The van der Waals surface area contributed by atoms with E-state index >= 15 is 0 Å². The number of hydrogen-bond donors (Lipinski definition) is 2. The van der Waals surface area contributed by atoms with Crippen LogP contribution in [0.4, 0.5) is 14.5 Å². The Morgan fingerprint density at radius 2 is 1.59 bits per heavy atom. The van der Waals surface area contributed by atoms with Crippen molar-refractivity contribution >= 4 is 21.6 Å². The smallest absolute Gasteiger partial charge is 0.387 e. The molecular weight excluding hydrogens is 470 g/mol. The quantitative estimate of drug-likeness (QED) is 0.443. The van der Waals surface area contributed by atoms with Gasteiger partial charge in [0.15, 0.2) is 11.5 Å². The molecule has 180 valence electrons. The summed E-state index contributed by atoms with van der Waals surface area (Å²) in [6.45, 7) is -3.00. The van der Waals surface area contributed by atoms with Crippen LogP contribution in [0.1, 0.15) is 15.9 Å². The van der Waals surface area contributed by atoms with Crippen LogP contribution in [0.15, 0.2) is 71.6 Å². The maximum atomic E-state index is 12.7. The molecule has 0 radical (unpaired) electrons. The first-order valence-corrected chi connectivity index (χ1v) is 11.4. The van der Waals surface area contributed by atoms with E-state index in [1.165, 1.54) is 50.6 Å². The van der Waals surface area contributed by atoms with E-state index in [9.17, 15) is 22.0 Å². The molecule has 1 amide bonds. The van der Waals surface area contributed by atoms with Crippen molar-refractivity contribution in [2.24, 2.45) is 0 Å². The zero-order chi connectivity index (χ0) is 24.7. The topological polar surface area (TPSA) is 103 Å². The van der Waals surface area contributed by atoms with Crippen LogP contribution in [0.3, 0.4) is 0 Å². The molecule has 0 aliphatic rings. The maximum Gasteiger partial charge on any atom is 0.387 e. The standard InChI is InChI=1S/C23H22F2N2O6S/c1-31-19-6-4-3-5-18(19)27-34(29,30)17-10-8-16(9-11-17)22(28)26-14-15-7-12-20(32-2)21(13-15)33-23(24)25/h3-13,23,27H,14H2,1-2H3,(H,26,28). The lowest BCUT2D eigenvalue weighted by atomic mass is 10.1. The molecule has 0 atom stereocenters. The second-order valence-corrected chi connectivity index (χ2v) is 8.56. The second kappa shape index (κ2) is 10.8. The Hall–Kier alpha value is -3.86. The number of sulfonamides is 1. The lowest BCUT2D eigenvalue weighted by Crippen LogP contribution is -2.23. The van der Waals surface area contributed by atoms with Gasteiger partial charge in [-0.05, 0) is 54.1 Å². The van der Waals surface area contributed by atoms with Gasteiger partial charge in [-0.3, -0.25) is 9.52 Å². The molecule has 3 aromatic carbocycles. The van der Waals surface area contributed by atoms with Crippen molar-refractivity contribution in [3.8, 4) is 17.2 Å². The number of rotatable bonds is 10. The number of anilines is 1. The van der Waals surface area contributed by atoms with E-state index in [1.54, 1.807) is 30.3 Å². The summed E-state index contributed by atoms with van der Waals surface area (Å²) in [6.07, 6.45) is 0. The molecule has 0 saturated heterocycles. The third kappa shape index (κ3) is 6.13. The van der Waals surface area contributed by atoms with Gasteiger partial charge in [0.1, 0.15) is 5.75 Å². The summed E-state index contributed by atoms with van der Waals surface area (Å²) in [5, 5.41) is 2.64. The average Bonchev–Trinajstić information content (AvgIpc) is 2.82. The molecule has 0 heterocycles. The van der Waals surface area contributed by atoms with Crippen molar-refractivity contribution in [3.05, 3.63) is 77.9 Å². The Bertz CT molecular complexity index is 1250. The molecule has 0 unspecified atom stereocenters. The number of para-hydroxylation sites is 2. The van der Waals surface area contributed by atoms with Gasteiger partial charge < -0.3 is 19.5 Å². The summed E-state index contributed by atoms with van der Waals surface area (Å²) >= 11 is 0. The van der Waals surface area contributed by atoms with E-state index in [0.29, 0.717) is 11.3 Å². The minimum atomic E-state index is -3.91. The number of carbonyl (C=O) groups is 1. The van der Waals surface area contributed by atoms with E-state index in [-0.39, 0.29) is 34.2 Å². The zero-order valence-corrected chi connectivity index (χ0v) is 19.1. The molecular formula is C23H22F2N2O6S. The molecule has 0 spiro atoms. The highest BCUT2D eigenvalue weighted by molar-refractivity contribution is 7.92. The number of nitrogens with one attached hydrogen (secondary N) is 2. The number of methoxy groups -OCH3 is 2. The minimum Gasteiger partial charge on any atom is -0.495 e. The largest absolute Gasteiger partial charge is 0.495 e. The van der Waals surface area contributed by atoms with Gasteiger partial charge in [0.05, 0.1) is 24.8 Å². The van der Waals surface area contributed by atoms with Gasteiger partial charge in [-0.25, -0.2) is 8.42 Å². The Morgan fingerprint density at radius 3 is 2.24 bits per heavy atom. The van der Waals surface area contributed by atoms with E-state index in [2.05, 4.69) is 14.8 Å². The van der Waals surface area contributed by atoms with Crippen LogP contribution in [-0.2, 0) is 16.6 Å². The van der Waals surface area contributed by atoms with Gasteiger partial charge in [0, 0.05) is 12.1 Å². The number of carbonyl (C=O) groups excluding carboxylic acids is 1. The zero-order valence-electron chi connectivity index (χ0n) is 18.2. The van der Waals surface area contributed by atoms with Gasteiger partial charge >= 0.3 is 6.61 Å². The van der Waals surface area contributed by atoms with E-state index in [4.69, 9.17) is 9.47 Å². The fraction of sp³-hybridized carbons (Fsp3) is 0.174. The molecule has 0 bridgehead atoms. The molecule has 0 aliphatic heterocycles. The average molecular weight is 493 g/mol. The summed E-state index contributed by atoms with van der Waals surface area (Å²) in [6, 6.07) is 16.3. The summed E-state index contributed by atoms with van der Waals surface area (Å²) in [5.41, 5.74) is 1.00. The number of hydrogen-bond acceptors (Lipinski definition) is 6. The SMILES string of the molecule is COc1ccccc1NS(=O)(=O)c1ccc(C(=O)NCc2ccc(OC)c(OC(F)F)c2)cc1. The highest BCUT2D eigenvalue weighted by Gasteiger charge is 2.17. The molecule has 2 N–H and O–H groups in total. The van der Waals surface area contributed by atoms with Crippen LogP contribution in [0.25, 0.3) is 0 Å². The second-order valence-electron chi connectivity index (χ2n) is 6.88. The van der Waals surface area contributed by atoms with Gasteiger partial charge in [-0.1, -0.05) is 18.2 Å². The van der Waals surface area contributed by atoms with Gasteiger partial charge in [-0.2, -0.15) is 8.78 Å². The predicted molar refractivity (Wildman–Crippen MR) is 121 cm³/mol. The minimum absolute atomic E-state index is 0.0256. The first kappa shape index (κ1) is 24.8. The highest BCUT2D eigenvalue weighted by Crippen LogP contribution is 2.29. The molecule has 34 heavy (non-hydrogen) atoms. The predicted octanol–water partition coefficient (Wildman–Crippen LogP) is 4.04. The number of ether oxygens (including phenoxy) is 3. The van der Waals surface area contributed by atoms with Crippen molar-refractivity contribution in [1.29, 1.82) is 0 Å². The van der Waals surface area contributed by atoms with Crippen molar-refractivity contribution in [2.75, 3.05) is 18.9 Å². The molecule has 11 heteroatoms. The summed E-state index contributed by atoms with van der Waals surface area (Å²) in [4.78, 5) is 12.4. The Morgan fingerprint density at radius 1 is 0.912 bits per heavy atom. The van der Waals surface area contributed by atoms with E-state index in [0.717, 1.165) is 0 Å².